The molecule has 1 N–H and O–H groups in total. The SMILES string of the molecule is Cc1ccc(-c2cnc[nH]2)cc1OC(F)F. The highest BCUT2D eigenvalue weighted by Crippen LogP contribution is 2.26. The lowest BCUT2D eigenvalue weighted by atomic mass is 10.1. The predicted molar refractivity (Wildman–Crippen MR) is 55.4 cm³/mol. The van der Waals surface area contributed by atoms with E-state index >= 15 is 0 Å². The molecule has 0 bridgehead atoms. The Kier molecular flexibility index (Phi) is 2.85. The molecule has 0 amide bonds. The lowest BCUT2D eigenvalue weighted by Crippen LogP contribution is -2.03. The Balaban J connectivity index is 2.36. The maximum atomic E-state index is 12.1. The first-order valence-corrected chi connectivity index (χ1v) is 4.71. The van der Waals surface area contributed by atoms with Crippen LogP contribution in [0.5, 0.6) is 5.75 Å². The molecular weight excluding hydrogens is 214 g/mol. The van der Waals surface area contributed by atoms with E-state index in [-0.39, 0.29) is 5.75 Å². The van der Waals surface area contributed by atoms with Gasteiger partial charge in [-0.2, -0.15) is 8.78 Å². The molecular formula is C11H10F2N2O. The van der Waals surface area contributed by atoms with E-state index < -0.39 is 6.61 Å². The fourth-order valence-corrected chi connectivity index (χ4v) is 1.40. The normalized spacial score (nSPS) is 10.8. The van der Waals surface area contributed by atoms with Gasteiger partial charge in [0.05, 0.1) is 18.2 Å². The van der Waals surface area contributed by atoms with E-state index in [0.29, 0.717) is 5.56 Å². The molecule has 16 heavy (non-hydrogen) atoms. The lowest BCUT2D eigenvalue weighted by Gasteiger charge is -2.09. The summed E-state index contributed by atoms with van der Waals surface area (Å²) in [7, 11) is 0. The number of hydrogen-bond donors (Lipinski definition) is 1. The van der Waals surface area contributed by atoms with Gasteiger partial charge in [-0.05, 0) is 18.6 Å². The van der Waals surface area contributed by atoms with E-state index in [1.807, 2.05) is 6.07 Å². The first-order valence-electron chi connectivity index (χ1n) is 4.71. The molecule has 0 aliphatic carbocycles. The Morgan fingerprint density at radius 1 is 1.38 bits per heavy atom. The zero-order valence-electron chi connectivity index (χ0n) is 8.58. The number of benzene rings is 1. The standard InChI is InChI=1S/C11H10F2N2O/c1-7-2-3-8(9-5-14-6-15-9)4-10(7)16-11(12)13/h2-6,11H,1H3,(H,14,15). The van der Waals surface area contributed by atoms with Gasteiger partial charge in [0.25, 0.3) is 0 Å². The molecule has 0 aliphatic heterocycles. The van der Waals surface area contributed by atoms with Crippen molar-refractivity contribution in [2.24, 2.45) is 0 Å². The van der Waals surface area contributed by atoms with Crippen LogP contribution in [0.15, 0.2) is 30.7 Å². The van der Waals surface area contributed by atoms with Gasteiger partial charge in [-0.1, -0.05) is 12.1 Å². The maximum absolute atomic E-state index is 12.1. The van der Waals surface area contributed by atoms with Crippen LogP contribution in [0.1, 0.15) is 5.56 Å². The van der Waals surface area contributed by atoms with E-state index in [9.17, 15) is 8.78 Å². The van der Waals surface area contributed by atoms with Crippen molar-refractivity contribution >= 4 is 0 Å². The molecule has 2 aromatic rings. The number of nitrogens with zero attached hydrogens (tertiary/aromatic N) is 1. The third kappa shape index (κ3) is 2.18. The number of halogens is 2. The molecule has 1 aromatic heterocycles. The van der Waals surface area contributed by atoms with Crippen LogP contribution in [0.4, 0.5) is 8.78 Å². The molecule has 0 saturated heterocycles. The van der Waals surface area contributed by atoms with Crippen molar-refractivity contribution in [2.45, 2.75) is 13.5 Å². The summed E-state index contributed by atoms with van der Waals surface area (Å²) in [6.45, 7) is -1.09. The van der Waals surface area contributed by atoms with Gasteiger partial charge in [-0.25, -0.2) is 4.98 Å². The quantitative estimate of drug-likeness (QED) is 0.870. The summed E-state index contributed by atoms with van der Waals surface area (Å²) in [5, 5.41) is 0. The molecule has 0 radical (unpaired) electrons. The highest BCUT2D eigenvalue weighted by atomic mass is 19.3. The number of H-pyrrole nitrogens is 1. The van der Waals surface area contributed by atoms with Crippen molar-refractivity contribution in [3.8, 4) is 17.0 Å². The number of alkyl halides is 2. The van der Waals surface area contributed by atoms with Crippen LogP contribution in [0.25, 0.3) is 11.3 Å². The summed E-state index contributed by atoms with van der Waals surface area (Å²) in [5.41, 5.74) is 2.20. The first-order chi connectivity index (χ1) is 7.66. The van der Waals surface area contributed by atoms with Crippen LogP contribution in [-0.4, -0.2) is 16.6 Å². The second-order valence-electron chi connectivity index (χ2n) is 3.32. The molecule has 2 rings (SSSR count). The van der Waals surface area contributed by atoms with E-state index in [0.717, 1.165) is 11.3 Å². The van der Waals surface area contributed by atoms with Crippen molar-refractivity contribution in [1.82, 2.24) is 9.97 Å². The number of imidazole rings is 1. The van der Waals surface area contributed by atoms with Crippen molar-refractivity contribution in [1.29, 1.82) is 0 Å². The highest BCUT2D eigenvalue weighted by molar-refractivity contribution is 5.61. The van der Waals surface area contributed by atoms with Crippen LogP contribution < -0.4 is 4.74 Å². The molecule has 3 nitrogen and oxygen atoms in total. The molecule has 0 aliphatic rings. The Labute approximate surface area is 91.1 Å². The highest BCUT2D eigenvalue weighted by Gasteiger charge is 2.09. The molecule has 1 aromatic carbocycles. The van der Waals surface area contributed by atoms with Crippen LogP contribution >= 0.6 is 0 Å². The van der Waals surface area contributed by atoms with Gasteiger partial charge in [-0.3, -0.25) is 0 Å². The molecule has 0 atom stereocenters. The molecule has 0 unspecified atom stereocenters. The smallest absolute Gasteiger partial charge is 0.387 e. The molecule has 84 valence electrons. The van der Waals surface area contributed by atoms with Crippen LogP contribution in [0, 0.1) is 6.92 Å². The molecule has 5 heteroatoms. The first kappa shape index (κ1) is 10.6. The average molecular weight is 224 g/mol. The Bertz CT molecular complexity index is 469. The van der Waals surface area contributed by atoms with Gasteiger partial charge in [-0.15, -0.1) is 0 Å². The van der Waals surface area contributed by atoms with Gasteiger partial charge < -0.3 is 9.72 Å². The monoisotopic (exact) mass is 224 g/mol. The van der Waals surface area contributed by atoms with Gasteiger partial charge >= 0.3 is 6.61 Å². The minimum Gasteiger partial charge on any atom is -0.435 e. The second-order valence-corrected chi connectivity index (χ2v) is 3.32. The fourth-order valence-electron chi connectivity index (χ4n) is 1.40. The number of aromatic nitrogens is 2. The number of ether oxygens (including phenoxy) is 1. The van der Waals surface area contributed by atoms with Gasteiger partial charge in [0, 0.05) is 5.56 Å². The molecule has 0 spiro atoms. The third-order valence-corrected chi connectivity index (χ3v) is 2.21. The zero-order valence-corrected chi connectivity index (χ0v) is 8.58. The average Bonchev–Trinajstić information content (AvgIpc) is 2.73. The van der Waals surface area contributed by atoms with E-state index in [2.05, 4.69) is 14.7 Å². The van der Waals surface area contributed by atoms with Gasteiger partial charge in [0.1, 0.15) is 5.75 Å². The van der Waals surface area contributed by atoms with Crippen molar-refractivity contribution < 1.29 is 13.5 Å². The van der Waals surface area contributed by atoms with Gasteiger partial charge in [0.15, 0.2) is 0 Å². The summed E-state index contributed by atoms with van der Waals surface area (Å²) in [6.07, 6.45) is 3.15. The number of hydrogen-bond acceptors (Lipinski definition) is 2. The van der Waals surface area contributed by atoms with Crippen LogP contribution in [0.3, 0.4) is 0 Å². The number of rotatable bonds is 3. The molecule has 0 fully saturated rings. The Morgan fingerprint density at radius 2 is 2.19 bits per heavy atom. The largest absolute Gasteiger partial charge is 0.435 e. The minimum absolute atomic E-state index is 0.183. The number of aryl methyl sites for hydroxylation is 1. The van der Waals surface area contributed by atoms with E-state index in [1.54, 1.807) is 25.3 Å². The zero-order chi connectivity index (χ0) is 11.5. The van der Waals surface area contributed by atoms with Crippen molar-refractivity contribution in [3.05, 3.63) is 36.3 Å². The Morgan fingerprint density at radius 3 is 2.81 bits per heavy atom. The second kappa shape index (κ2) is 4.30. The topological polar surface area (TPSA) is 37.9 Å². The Hall–Kier alpha value is -1.91. The van der Waals surface area contributed by atoms with Crippen molar-refractivity contribution in [3.63, 3.8) is 0 Å². The summed E-state index contributed by atoms with van der Waals surface area (Å²) in [6, 6.07) is 5.12. The van der Waals surface area contributed by atoms with Crippen LogP contribution in [0.2, 0.25) is 0 Å². The summed E-state index contributed by atoms with van der Waals surface area (Å²) < 4.78 is 28.7. The lowest BCUT2D eigenvalue weighted by molar-refractivity contribution is -0.0502. The third-order valence-electron chi connectivity index (χ3n) is 2.21. The van der Waals surface area contributed by atoms with E-state index in [1.165, 1.54) is 6.33 Å². The fraction of sp³-hybridized carbons (Fsp3) is 0.182. The van der Waals surface area contributed by atoms with Gasteiger partial charge in [0.2, 0.25) is 0 Å². The summed E-state index contributed by atoms with van der Waals surface area (Å²) in [5.74, 6) is 0.183. The van der Waals surface area contributed by atoms with Crippen LogP contribution in [-0.2, 0) is 0 Å². The maximum Gasteiger partial charge on any atom is 0.387 e. The summed E-state index contributed by atoms with van der Waals surface area (Å²) in [4.78, 5) is 6.77. The minimum atomic E-state index is -2.81. The molecule has 0 saturated carbocycles. The molecule has 1 heterocycles. The number of aromatic amines is 1. The van der Waals surface area contributed by atoms with Crippen molar-refractivity contribution in [2.75, 3.05) is 0 Å². The summed E-state index contributed by atoms with van der Waals surface area (Å²) >= 11 is 0. The number of nitrogens with one attached hydrogen (secondary N) is 1. The van der Waals surface area contributed by atoms with E-state index in [4.69, 9.17) is 0 Å². The predicted octanol–water partition coefficient (Wildman–Crippen LogP) is 2.99.